The molecule has 0 amide bonds. The third-order valence-corrected chi connectivity index (χ3v) is 3.02. The number of hydrogen-bond donors (Lipinski definition) is 1. The van der Waals surface area contributed by atoms with Crippen LogP contribution in [0.1, 0.15) is 16.1 Å². The Morgan fingerprint density at radius 3 is 2.75 bits per heavy atom. The molecule has 2 rings (SSSR count). The van der Waals surface area contributed by atoms with Crippen molar-refractivity contribution in [3.8, 4) is 5.75 Å². The maximum Gasteiger partial charge on any atom is 0.372 e. The van der Waals surface area contributed by atoms with Gasteiger partial charge in [-0.15, -0.1) is 0 Å². The molecule has 0 aliphatic rings. The largest absolute Gasteiger partial charge is 0.496 e. The first-order valence-corrected chi connectivity index (χ1v) is 5.34. The minimum absolute atomic E-state index is 0.0323. The van der Waals surface area contributed by atoms with Gasteiger partial charge in [0.05, 0.1) is 11.6 Å². The fourth-order valence-electron chi connectivity index (χ4n) is 1.58. The summed E-state index contributed by atoms with van der Waals surface area (Å²) in [6, 6.07) is 3.46. The van der Waals surface area contributed by atoms with Gasteiger partial charge in [-0.2, -0.15) is 0 Å². The summed E-state index contributed by atoms with van der Waals surface area (Å²) in [6.45, 7) is 1.71. The Morgan fingerprint density at radius 2 is 2.19 bits per heavy atom. The van der Waals surface area contributed by atoms with Crippen molar-refractivity contribution >= 4 is 32.9 Å². The van der Waals surface area contributed by atoms with Crippen LogP contribution in [0.3, 0.4) is 0 Å². The van der Waals surface area contributed by atoms with Gasteiger partial charge in [0.25, 0.3) is 0 Å². The molecule has 16 heavy (non-hydrogen) atoms. The number of fused-ring (bicyclic) bond motifs is 1. The Hall–Kier alpha value is -1.49. The van der Waals surface area contributed by atoms with Crippen molar-refractivity contribution in [2.75, 3.05) is 7.11 Å². The van der Waals surface area contributed by atoms with Crippen molar-refractivity contribution in [1.29, 1.82) is 0 Å². The van der Waals surface area contributed by atoms with Crippen molar-refractivity contribution in [3.63, 3.8) is 0 Å². The Bertz CT molecular complexity index is 571. The molecule has 0 spiro atoms. The predicted octanol–water partition coefficient (Wildman–Crippen LogP) is 3.21. The molecule has 0 aliphatic carbocycles. The second-order valence-electron chi connectivity index (χ2n) is 3.34. The number of rotatable bonds is 2. The van der Waals surface area contributed by atoms with E-state index < -0.39 is 5.97 Å². The summed E-state index contributed by atoms with van der Waals surface area (Å²) in [6.07, 6.45) is 0. The summed E-state index contributed by atoms with van der Waals surface area (Å²) in [4.78, 5) is 10.9. The first kappa shape index (κ1) is 11.0. The van der Waals surface area contributed by atoms with Crippen LogP contribution in [0.15, 0.2) is 21.0 Å². The fourth-order valence-corrected chi connectivity index (χ4v) is 2.07. The molecule has 5 heteroatoms. The lowest BCUT2D eigenvalue weighted by Gasteiger charge is -2.02. The van der Waals surface area contributed by atoms with Gasteiger partial charge in [-0.05, 0) is 35.0 Å². The SMILES string of the molecule is COc1cc2c(C)c(C(=O)O)oc2cc1Br. The van der Waals surface area contributed by atoms with Crippen LogP contribution >= 0.6 is 15.9 Å². The van der Waals surface area contributed by atoms with Crippen molar-refractivity contribution in [3.05, 3.63) is 27.9 Å². The van der Waals surface area contributed by atoms with E-state index in [0.717, 1.165) is 9.86 Å². The van der Waals surface area contributed by atoms with Gasteiger partial charge in [-0.1, -0.05) is 0 Å². The zero-order valence-corrected chi connectivity index (χ0v) is 10.3. The predicted molar refractivity (Wildman–Crippen MR) is 62.2 cm³/mol. The molecule has 4 nitrogen and oxygen atoms in total. The van der Waals surface area contributed by atoms with Gasteiger partial charge in [0.15, 0.2) is 0 Å². The molecule has 1 heterocycles. The molecular weight excluding hydrogens is 276 g/mol. The lowest BCUT2D eigenvalue weighted by molar-refractivity contribution is 0.0664. The standard InChI is InChI=1S/C11H9BrO4/c1-5-6-3-9(15-2)7(12)4-8(6)16-10(5)11(13)14/h3-4H,1-2H3,(H,13,14). The number of carbonyl (C=O) groups is 1. The van der Waals surface area contributed by atoms with E-state index in [2.05, 4.69) is 15.9 Å². The number of aromatic carboxylic acids is 1. The number of benzene rings is 1. The number of hydrogen-bond acceptors (Lipinski definition) is 3. The van der Waals surface area contributed by atoms with E-state index in [0.29, 0.717) is 16.9 Å². The molecule has 0 unspecified atom stereocenters. The Kier molecular flexibility index (Phi) is 2.63. The second-order valence-corrected chi connectivity index (χ2v) is 4.20. The highest BCUT2D eigenvalue weighted by molar-refractivity contribution is 9.10. The second kappa shape index (κ2) is 3.83. The zero-order chi connectivity index (χ0) is 11.9. The summed E-state index contributed by atoms with van der Waals surface area (Å²) in [7, 11) is 1.56. The van der Waals surface area contributed by atoms with Gasteiger partial charge in [-0.3, -0.25) is 0 Å². The lowest BCUT2D eigenvalue weighted by atomic mass is 10.1. The van der Waals surface area contributed by atoms with Crippen LogP contribution in [0.25, 0.3) is 11.0 Å². The number of carboxylic acid groups (broad SMARTS) is 1. The van der Waals surface area contributed by atoms with Crippen LogP contribution in [0, 0.1) is 6.92 Å². The van der Waals surface area contributed by atoms with E-state index in [9.17, 15) is 4.79 Å². The molecule has 84 valence electrons. The number of carboxylic acids is 1. The molecule has 0 fully saturated rings. The number of methoxy groups -OCH3 is 1. The van der Waals surface area contributed by atoms with E-state index in [1.54, 1.807) is 26.2 Å². The highest BCUT2D eigenvalue weighted by Crippen LogP contribution is 2.34. The first-order chi connectivity index (χ1) is 7.54. The van der Waals surface area contributed by atoms with Gasteiger partial charge in [0.2, 0.25) is 5.76 Å². The monoisotopic (exact) mass is 284 g/mol. The number of ether oxygens (including phenoxy) is 1. The Labute approximate surface area is 99.9 Å². The lowest BCUT2D eigenvalue weighted by Crippen LogP contribution is -1.95. The van der Waals surface area contributed by atoms with Crippen LogP contribution in [0.2, 0.25) is 0 Å². The van der Waals surface area contributed by atoms with Crippen LogP contribution in [0.4, 0.5) is 0 Å². The third-order valence-electron chi connectivity index (χ3n) is 2.40. The van der Waals surface area contributed by atoms with E-state index >= 15 is 0 Å². The van der Waals surface area contributed by atoms with E-state index in [1.165, 1.54) is 0 Å². The Morgan fingerprint density at radius 1 is 1.50 bits per heavy atom. The van der Waals surface area contributed by atoms with Gasteiger partial charge in [0, 0.05) is 10.9 Å². The van der Waals surface area contributed by atoms with Crippen molar-refractivity contribution in [1.82, 2.24) is 0 Å². The summed E-state index contributed by atoms with van der Waals surface area (Å²) in [5.41, 5.74) is 1.14. The number of furan rings is 1. The van der Waals surface area contributed by atoms with E-state index in [4.69, 9.17) is 14.3 Å². The van der Waals surface area contributed by atoms with Crippen LogP contribution in [0.5, 0.6) is 5.75 Å². The van der Waals surface area contributed by atoms with E-state index in [1.807, 2.05) is 0 Å². The van der Waals surface area contributed by atoms with Crippen molar-refractivity contribution in [2.45, 2.75) is 6.92 Å². The topological polar surface area (TPSA) is 59.7 Å². The molecule has 0 saturated carbocycles. The van der Waals surface area contributed by atoms with Crippen LogP contribution in [-0.2, 0) is 0 Å². The summed E-state index contributed by atoms with van der Waals surface area (Å²) < 4.78 is 11.1. The number of aryl methyl sites for hydroxylation is 1. The Balaban J connectivity index is 2.77. The third kappa shape index (κ3) is 1.57. The van der Waals surface area contributed by atoms with Gasteiger partial charge >= 0.3 is 5.97 Å². The van der Waals surface area contributed by atoms with Gasteiger partial charge in [0.1, 0.15) is 11.3 Å². The average Bonchev–Trinajstić information content (AvgIpc) is 2.54. The number of halogens is 1. The average molecular weight is 285 g/mol. The smallest absolute Gasteiger partial charge is 0.372 e. The van der Waals surface area contributed by atoms with E-state index in [-0.39, 0.29) is 5.76 Å². The molecule has 0 saturated heterocycles. The molecule has 1 N–H and O–H groups in total. The molecule has 2 aromatic rings. The summed E-state index contributed by atoms with van der Waals surface area (Å²) in [5, 5.41) is 9.67. The van der Waals surface area contributed by atoms with Crippen molar-refractivity contribution < 1.29 is 19.1 Å². The zero-order valence-electron chi connectivity index (χ0n) is 8.70. The van der Waals surface area contributed by atoms with Crippen molar-refractivity contribution in [2.24, 2.45) is 0 Å². The molecular formula is C11H9BrO4. The maximum atomic E-state index is 10.9. The minimum atomic E-state index is -1.07. The molecule has 1 aromatic heterocycles. The molecule has 0 aliphatic heterocycles. The normalized spacial score (nSPS) is 10.7. The molecule has 0 atom stereocenters. The minimum Gasteiger partial charge on any atom is -0.496 e. The highest BCUT2D eigenvalue weighted by Gasteiger charge is 2.18. The fraction of sp³-hybridized carbons (Fsp3) is 0.182. The quantitative estimate of drug-likeness (QED) is 0.920. The first-order valence-electron chi connectivity index (χ1n) is 4.54. The summed E-state index contributed by atoms with van der Waals surface area (Å²) >= 11 is 3.32. The molecule has 0 bridgehead atoms. The van der Waals surface area contributed by atoms with Crippen LogP contribution in [-0.4, -0.2) is 18.2 Å². The molecule has 1 aromatic carbocycles. The van der Waals surface area contributed by atoms with Gasteiger partial charge < -0.3 is 14.3 Å². The molecule has 0 radical (unpaired) electrons. The van der Waals surface area contributed by atoms with Gasteiger partial charge in [-0.25, -0.2) is 4.79 Å². The highest BCUT2D eigenvalue weighted by atomic mass is 79.9. The van der Waals surface area contributed by atoms with Crippen LogP contribution < -0.4 is 4.74 Å². The summed E-state index contributed by atoms with van der Waals surface area (Å²) in [5.74, 6) is -0.452. The maximum absolute atomic E-state index is 10.9.